The van der Waals surface area contributed by atoms with E-state index < -0.39 is 0 Å². The fourth-order valence-electron chi connectivity index (χ4n) is 1.36. The quantitative estimate of drug-likeness (QED) is 0.812. The molecule has 2 N–H and O–H groups in total. The Kier molecular flexibility index (Phi) is 4.03. The topological polar surface area (TPSA) is 56.0 Å². The van der Waals surface area contributed by atoms with Crippen molar-refractivity contribution in [2.75, 3.05) is 5.73 Å². The van der Waals surface area contributed by atoms with Gasteiger partial charge in [0.2, 0.25) is 0 Å². The molecule has 1 aromatic carbocycles. The fraction of sp³-hybridized carbons (Fsp3) is 0. The van der Waals surface area contributed by atoms with Gasteiger partial charge in [0.1, 0.15) is 0 Å². The van der Waals surface area contributed by atoms with Gasteiger partial charge in [0, 0.05) is 17.3 Å². The molecule has 0 fully saturated rings. The Hall–Kier alpha value is -1.87. The van der Waals surface area contributed by atoms with E-state index in [0.717, 1.165) is 0 Å². The Bertz CT molecular complexity index is 485. The zero-order valence-electron chi connectivity index (χ0n) is 8.46. The molecule has 82 valence electrons. The van der Waals surface area contributed by atoms with Gasteiger partial charge >= 0.3 is 0 Å². The van der Waals surface area contributed by atoms with Gasteiger partial charge in [-0.3, -0.25) is 9.78 Å². The highest BCUT2D eigenvalue weighted by molar-refractivity contribution is 6.11. The van der Waals surface area contributed by atoms with Crippen molar-refractivity contribution in [3.63, 3.8) is 0 Å². The highest BCUT2D eigenvalue weighted by Gasteiger charge is 2.10. The summed E-state index contributed by atoms with van der Waals surface area (Å²) in [5, 5.41) is 0. The number of carbonyl (C=O) groups is 1. The maximum absolute atomic E-state index is 12.0. The number of nitrogens with two attached hydrogens (primary N) is 1. The minimum Gasteiger partial charge on any atom is -0.397 e. The molecule has 0 atom stereocenters. The molecule has 2 aromatic rings. The van der Waals surface area contributed by atoms with E-state index in [-0.39, 0.29) is 18.2 Å². The second kappa shape index (κ2) is 5.28. The summed E-state index contributed by atoms with van der Waals surface area (Å²) in [5.41, 5.74) is 7.22. The van der Waals surface area contributed by atoms with Gasteiger partial charge in [-0.15, -0.1) is 12.4 Å². The van der Waals surface area contributed by atoms with Gasteiger partial charge < -0.3 is 5.73 Å². The summed E-state index contributed by atoms with van der Waals surface area (Å²) in [6.07, 6.45) is 3.04. The zero-order valence-corrected chi connectivity index (χ0v) is 9.28. The summed E-state index contributed by atoms with van der Waals surface area (Å²) >= 11 is 0. The molecule has 0 bridgehead atoms. The van der Waals surface area contributed by atoms with Crippen molar-refractivity contribution in [2.45, 2.75) is 0 Å². The van der Waals surface area contributed by atoms with Gasteiger partial charge in [-0.25, -0.2) is 0 Å². The van der Waals surface area contributed by atoms with E-state index in [1.54, 1.807) is 24.4 Å². The lowest BCUT2D eigenvalue weighted by atomic mass is 10.0. The molecule has 4 heteroatoms. The van der Waals surface area contributed by atoms with Crippen LogP contribution in [-0.2, 0) is 0 Å². The predicted molar refractivity (Wildman–Crippen MR) is 65.8 cm³/mol. The number of nitrogen functional groups attached to an aromatic ring is 1. The fourth-order valence-corrected chi connectivity index (χ4v) is 1.36. The third kappa shape index (κ3) is 2.38. The molecule has 0 radical (unpaired) electrons. The van der Waals surface area contributed by atoms with E-state index in [2.05, 4.69) is 4.98 Å². The SMILES string of the molecule is Cl.Nc1cnccc1C(=O)c1ccccc1. The van der Waals surface area contributed by atoms with Crippen molar-refractivity contribution < 1.29 is 4.79 Å². The van der Waals surface area contributed by atoms with Crippen molar-refractivity contribution in [3.05, 3.63) is 59.9 Å². The molecular formula is C12H11ClN2O. The molecule has 0 unspecified atom stereocenters. The highest BCUT2D eigenvalue weighted by atomic mass is 35.5. The van der Waals surface area contributed by atoms with Crippen LogP contribution in [0.3, 0.4) is 0 Å². The summed E-state index contributed by atoms with van der Waals surface area (Å²) in [6.45, 7) is 0. The third-order valence-corrected chi connectivity index (χ3v) is 2.13. The summed E-state index contributed by atoms with van der Waals surface area (Å²) in [6, 6.07) is 10.7. The van der Waals surface area contributed by atoms with Crippen LogP contribution in [0.25, 0.3) is 0 Å². The highest BCUT2D eigenvalue weighted by Crippen LogP contribution is 2.14. The minimum atomic E-state index is -0.0736. The van der Waals surface area contributed by atoms with Crippen LogP contribution in [0.5, 0.6) is 0 Å². The largest absolute Gasteiger partial charge is 0.397 e. The molecular weight excluding hydrogens is 224 g/mol. The van der Waals surface area contributed by atoms with E-state index in [1.165, 1.54) is 6.20 Å². The van der Waals surface area contributed by atoms with Crippen LogP contribution in [0.1, 0.15) is 15.9 Å². The summed E-state index contributed by atoms with van der Waals surface area (Å²) in [5.74, 6) is -0.0736. The maximum atomic E-state index is 12.0. The summed E-state index contributed by atoms with van der Waals surface area (Å²) in [4.78, 5) is 15.8. The third-order valence-electron chi connectivity index (χ3n) is 2.13. The molecule has 0 aliphatic heterocycles. The van der Waals surface area contributed by atoms with Crippen molar-refractivity contribution in [2.24, 2.45) is 0 Å². The van der Waals surface area contributed by atoms with Crippen LogP contribution < -0.4 is 5.73 Å². The normalized spacial score (nSPS) is 9.25. The molecule has 2 rings (SSSR count). The Labute approximate surface area is 99.7 Å². The Morgan fingerprint density at radius 2 is 1.81 bits per heavy atom. The molecule has 16 heavy (non-hydrogen) atoms. The Balaban J connectivity index is 0.00000128. The first-order chi connectivity index (χ1) is 7.29. The molecule has 1 heterocycles. The number of pyridine rings is 1. The molecule has 0 aliphatic rings. The molecule has 3 nitrogen and oxygen atoms in total. The number of hydrogen-bond acceptors (Lipinski definition) is 3. The van der Waals surface area contributed by atoms with E-state index in [0.29, 0.717) is 16.8 Å². The average Bonchev–Trinajstić information content (AvgIpc) is 2.30. The number of rotatable bonds is 2. The van der Waals surface area contributed by atoms with Gasteiger partial charge in [0.05, 0.1) is 11.9 Å². The van der Waals surface area contributed by atoms with Gasteiger partial charge in [0.15, 0.2) is 5.78 Å². The zero-order chi connectivity index (χ0) is 10.7. The van der Waals surface area contributed by atoms with Crippen LogP contribution in [0.2, 0.25) is 0 Å². The maximum Gasteiger partial charge on any atom is 0.195 e. The Morgan fingerprint density at radius 3 is 2.44 bits per heavy atom. The molecule has 1 aromatic heterocycles. The first-order valence-electron chi connectivity index (χ1n) is 4.58. The lowest BCUT2D eigenvalue weighted by Crippen LogP contribution is -2.05. The lowest BCUT2D eigenvalue weighted by Gasteiger charge is -2.03. The van der Waals surface area contributed by atoms with Crippen molar-refractivity contribution >= 4 is 23.9 Å². The summed E-state index contributed by atoms with van der Waals surface area (Å²) in [7, 11) is 0. The Morgan fingerprint density at radius 1 is 1.12 bits per heavy atom. The van der Waals surface area contributed by atoms with E-state index in [9.17, 15) is 4.79 Å². The number of carbonyl (C=O) groups excluding carboxylic acids is 1. The molecule has 0 saturated carbocycles. The standard InChI is InChI=1S/C12H10N2O.ClH/c13-11-8-14-7-6-10(11)12(15)9-4-2-1-3-5-9;/h1-8H,13H2;1H. The molecule has 0 saturated heterocycles. The predicted octanol–water partition coefficient (Wildman–Crippen LogP) is 2.32. The number of halogens is 1. The molecule has 0 aliphatic carbocycles. The van der Waals surface area contributed by atoms with E-state index in [1.807, 2.05) is 18.2 Å². The van der Waals surface area contributed by atoms with Gasteiger partial charge in [-0.1, -0.05) is 30.3 Å². The number of ketones is 1. The van der Waals surface area contributed by atoms with E-state index in [4.69, 9.17) is 5.73 Å². The second-order valence-electron chi connectivity index (χ2n) is 3.16. The smallest absolute Gasteiger partial charge is 0.195 e. The van der Waals surface area contributed by atoms with Gasteiger partial charge in [0.25, 0.3) is 0 Å². The second-order valence-corrected chi connectivity index (χ2v) is 3.16. The molecule has 0 spiro atoms. The first kappa shape index (κ1) is 12.2. The first-order valence-corrected chi connectivity index (χ1v) is 4.58. The van der Waals surface area contributed by atoms with Crippen LogP contribution in [0.15, 0.2) is 48.8 Å². The number of hydrogen-bond donors (Lipinski definition) is 1. The number of benzene rings is 1. The van der Waals surface area contributed by atoms with Crippen LogP contribution in [0, 0.1) is 0 Å². The van der Waals surface area contributed by atoms with Crippen LogP contribution in [-0.4, -0.2) is 10.8 Å². The summed E-state index contributed by atoms with van der Waals surface area (Å²) < 4.78 is 0. The van der Waals surface area contributed by atoms with Crippen LogP contribution in [0.4, 0.5) is 5.69 Å². The van der Waals surface area contributed by atoms with Crippen molar-refractivity contribution in [1.29, 1.82) is 0 Å². The number of nitrogens with zero attached hydrogens (tertiary/aromatic N) is 1. The lowest BCUT2D eigenvalue weighted by molar-refractivity contribution is 0.103. The number of aromatic nitrogens is 1. The minimum absolute atomic E-state index is 0. The monoisotopic (exact) mass is 234 g/mol. The van der Waals surface area contributed by atoms with E-state index >= 15 is 0 Å². The van der Waals surface area contributed by atoms with Crippen molar-refractivity contribution in [1.82, 2.24) is 4.98 Å². The van der Waals surface area contributed by atoms with Gasteiger partial charge in [-0.2, -0.15) is 0 Å². The van der Waals surface area contributed by atoms with Gasteiger partial charge in [-0.05, 0) is 6.07 Å². The number of anilines is 1. The van der Waals surface area contributed by atoms with Crippen LogP contribution >= 0.6 is 12.4 Å². The molecule has 0 amide bonds. The van der Waals surface area contributed by atoms with Crippen molar-refractivity contribution in [3.8, 4) is 0 Å². The average molecular weight is 235 g/mol.